The Kier molecular flexibility index (Phi) is 4.27. The molecule has 2 rings (SSSR count). The Morgan fingerprint density at radius 1 is 1.44 bits per heavy atom. The molecule has 0 aromatic heterocycles. The van der Waals surface area contributed by atoms with Gasteiger partial charge in [-0.25, -0.2) is 0 Å². The summed E-state index contributed by atoms with van der Waals surface area (Å²) in [6.45, 7) is 0.814. The van der Waals surface area contributed by atoms with Crippen LogP contribution in [0.2, 0.25) is 0 Å². The quantitative estimate of drug-likeness (QED) is 0.868. The molecule has 1 N–H and O–H groups in total. The molecule has 0 radical (unpaired) electrons. The van der Waals surface area contributed by atoms with Crippen LogP contribution in [0.15, 0.2) is 24.3 Å². The lowest BCUT2D eigenvalue weighted by Gasteiger charge is -2.34. The Bertz CT molecular complexity index is 430. The summed E-state index contributed by atoms with van der Waals surface area (Å²) in [6.07, 6.45) is 2.57. The van der Waals surface area contributed by atoms with Crippen LogP contribution >= 0.6 is 15.9 Å². The van der Waals surface area contributed by atoms with Crippen LogP contribution < -0.4 is 0 Å². The van der Waals surface area contributed by atoms with E-state index >= 15 is 0 Å². The SMILES string of the molecule is CN(CC1CC(Br)C1)C(=O)Cc1ccccc1O. The number of halogens is 1. The smallest absolute Gasteiger partial charge is 0.226 e. The van der Waals surface area contributed by atoms with Crippen LogP contribution in [0.25, 0.3) is 0 Å². The number of para-hydroxylation sites is 1. The molecular weight excluding hydrogens is 294 g/mol. The fourth-order valence-electron chi connectivity index (χ4n) is 2.25. The van der Waals surface area contributed by atoms with Crippen molar-refractivity contribution in [1.82, 2.24) is 4.90 Å². The Balaban J connectivity index is 1.86. The van der Waals surface area contributed by atoms with Crippen molar-refractivity contribution in [1.29, 1.82) is 0 Å². The molecule has 1 aromatic carbocycles. The minimum atomic E-state index is 0.0644. The molecule has 0 bridgehead atoms. The molecular formula is C14H18BrNO2. The highest BCUT2D eigenvalue weighted by molar-refractivity contribution is 9.09. The molecule has 98 valence electrons. The third-order valence-electron chi connectivity index (χ3n) is 3.47. The van der Waals surface area contributed by atoms with Crippen molar-refractivity contribution in [2.75, 3.05) is 13.6 Å². The number of rotatable bonds is 4. The number of amides is 1. The first-order valence-electron chi connectivity index (χ1n) is 6.21. The van der Waals surface area contributed by atoms with Gasteiger partial charge in [-0.3, -0.25) is 4.79 Å². The Hall–Kier alpha value is -1.03. The number of carbonyl (C=O) groups excluding carboxylic acids is 1. The van der Waals surface area contributed by atoms with Crippen molar-refractivity contribution in [3.8, 4) is 5.75 Å². The largest absolute Gasteiger partial charge is 0.508 e. The monoisotopic (exact) mass is 311 g/mol. The summed E-state index contributed by atoms with van der Waals surface area (Å²) in [5.41, 5.74) is 0.696. The third kappa shape index (κ3) is 3.25. The molecule has 0 spiro atoms. The number of benzene rings is 1. The van der Waals surface area contributed by atoms with Gasteiger partial charge in [0, 0.05) is 24.0 Å². The van der Waals surface area contributed by atoms with Crippen molar-refractivity contribution in [2.45, 2.75) is 24.1 Å². The van der Waals surface area contributed by atoms with E-state index in [0.29, 0.717) is 16.3 Å². The highest BCUT2D eigenvalue weighted by atomic mass is 79.9. The highest BCUT2D eigenvalue weighted by Crippen LogP contribution is 2.33. The molecule has 0 aliphatic heterocycles. The maximum Gasteiger partial charge on any atom is 0.226 e. The zero-order valence-electron chi connectivity index (χ0n) is 10.5. The number of likely N-dealkylation sites (N-methyl/N-ethyl adjacent to an activating group) is 1. The lowest BCUT2D eigenvalue weighted by Crippen LogP contribution is -2.38. The van der Waals surface area contributed by atoms with Gasteiger partial charge in [0.2, 0.25) is 5.91 Å². The van der Waals surface area contributed by atoms with Crippen LogP contribution in [-0.2, 0) is 11.2 Å². The van der Waals surface area contributed by atoms with E-state index < -0.39 is 0 Å². The molecule has 0 unspecified atom stereocenters. The van der Waals surface area contributed by atoms with Crippen LogP contribution in [0.4, 0.5) is 0 Å². The molecule has 0 atom stereocenters. The average molecular weight is 312 g/mol. The Morgan fingerprint density at radius 2 is 2.11 bits per heavy atom. The molecule has 4 heteroatoms. The van der Waals surface area contributed by atoms with Crippen LogP contribution in [-0.4, -0.2) is 34.3 Å². The number of aromatic hydroxyl groups is 1. The molecule has 1 aliphatic carbocycles. The fraction of sp³-hybridized carbons (Fsp3) is 0.500. The van der Waals surface area contributed by atoms with E-state index in [1.807, 2.05) is 13.1 Å². The van der Waals surface area contributed by atoms with E-state index in [0.717, 1.165) is 19.4 Å². The lowest BCUT2D eigenvalue weighted by molar-refractivity contribution is -0.130. The van der Waals surface area contributed by atoms with Gasteiger partial charge in [0.1, 0.15) is 5.75 Å². The summed E-state index contributed by atoms with van der Waals surface area (Å²) in [5, 5.41) is 9.64. The van der Waals surface area contributed by atoms with Crippen molar-refractivity contribution >= 4 is 21.8 Å². The van der Waals surface area contributed by atoms with Gasteiger partial charge in [0.05, 0.1) is 6.42 Å². The van der Waals surface area contributed by atoms with Crippen LogP contribution in [0.3, 0.4) is 0 Å². The predicted octanol–water partition coefficient (Wildman–Crippen LogP) is 2.57. The summed E-state index contributed by atoms with van der Waals surface area (Å²) in [4.78, 5) is 14.4. The minimum absolute atomic E-state index is 0.0644. The Morgan fingerprint density at radius 3 is 2.72 bits per heavy atom. The first-order valence-corrected chi connectivity index (χ1v) is 7.12. The second-order valence-corrected chi connectivity index (χ2v) is 6.31. The van der Waals surface area contributed by atoms with Gasteiger partial charge in [0.15, 0.2) is 0 Å². The lowest BCUT2D eigenvalue weighted by atomic mass is 9.85. The van der Waals surface area contributed by atoms with Gasteiger partial charge in [-0.05, 0) is 24.8 Å². The number of carbonyl (C=O) groups is 1. The molecule has 1 amide bonds. The van der Waals surface area contributed by atoms with Crippen molar-refractivity contribution < 1.29 is 9.90 Å². The highest BCUT2D eigenvalue weighted by Gasteiger charge is 2.28. The van der Waals surface area contributed by atoms with Crippen LogP contribution in [0.1, 0.15) is 18.4 Å². The molecule has 1 saturated carbocycles. The number of phenols is 1. The number of hydrogen-bond donors (Lipinski definition) is 1. The normalized spacial score (nSPS) is 22.3. The zero-order valence-corrected chi connectivity index (χ0v) is 12.1. The van der Waals surface area contributed by atoms with E-state index in [-0.39, 0.29) is 18.1 Å². The van der Waals surface area contributed by atoms with Gasteiger partial charge < -0.3 is 10.0 Å². The molecule has 0 heterocycles. The fourth-order valence-corrected chi connectivity index (χ4v) is 3.31. The van der Waals surface area contributed by atoms with E-state index in [1.165, 1.54) is 0 Å². The van der Waals surface area contributed by atoms with E-state index in [9.17, 15) is 9.90 Å². The third-order valence-corrected chi connectivity index (χ3v) is 4.22. The second kappa shape index (κ2) is 5.74. The molecule has 3 nitrogen and oxygen atoms in total. The van der Waals surface area contributed by atoms with Gasteiger partial charge in [-0.2, -0.15) is 0 Å². The summed E-state index contributed by atoms with van der Waals surface area (Å²) in [5.74, 6) is 0.880. The van der Waals surface area contributed by atoms with Gasteiger partial charge in [0.25, 0.3) is 0 Å². The predicted molar refractivity (Wildman–Crippen MR) is 74.9 cm³/mol. The number of hydrogen-bond acceptors (Lipinski definition) is 2. The number of alkyl halides is 1. The molecule has 18 heavy (non-hydrogen) atoms. The van der Waals surface area contributed by atoms with Gasteiger partial charge in [-0.1, -0.05) is 34.1 Å². The van der Waals surface area contributed by atoms with Crippen molar-refractivity contribution in [3.05, 3.63) is 29.8 Å². The summed E-state index contributed by atoms with van der Waals surface area (Å²) in [6, 6.07) is 7.00. The van der Waals surface area contributed by atoms with Gasteiger partial charge in [-0.15, -0.1) is 0 Å². The maximum absolute atomic E-state index is 12.0. The zero-order chi connectivity index (χ0) is 13.1. The van der Waals surface area contributed by atoms with Crippen molar-refractivity contribution in [2.24, 2.45) is 5.92 Å². The second-order valence-electron chi connectivity index (χ2n) is 5.01. The van der Waals surface area contributed by atoms with Crippen LogP contribution in [0.5, 0.6) is 5.75 Å². The Labute approximate surface area is 116 Å². The maximum atomic E-state index is 12.0. The van der Waals surface area contributed by atoms with E-state index in [2.05, 4.69) is 15.9 Å². The minimum Gasteiger partial charge on any atom is -0.508 e. The summed E-state index contributed by atoms with van der Waals surface area (Å²) in [7, 11) is 1.84. The van der Waals surface area contributed by atoms with E-state index in [4.69, 9.17) is 0 Å². The average Bonchev–Trinajstić information content (AvgIpc) is 2.30. The molecule has 1 fully saturated rings. The number of nitrogens with zero attached hydrogens (tertiary/aromatic N) is 1. The first kappa shape index (κ1) is 13.4. The summed E-state index contributed by atoms with van der Waals surface area (Å²) < 4.78 is 0. The standard InChI is InChI=1S/C14H18BrNO2/c1-16(9-10-6-12(15)7-10)14(18)8-11-4-2-3-5-13(11)17/h2-5,10,12,17H,6-9H2,1H3. The van der Waals surface area contributed by atoms with E-state index in [1.54, 1.807) is 23.1 Å². The topological polar surface area (TPSA) is 40.5 Å². The number of phenolic OH excluding ortho intramolecular Hbond substituents is 1. The molecule has 0 saturated heterocycles. The molecule has 1 aromatic rings. The van der Waals surface area contributed by atoms with Crippen molar-refractivity contribution in [3.63, 3.8) is 0 Å². The molecule has 1 aliphatic rings. The van der Waals surface area contributed by atoms with Crippen LogP contribution in [0, 0.1) is 5.92 Å². The first-order chi connectivity index (χ1) is 8.56. The summed E-state index contributed by atoms with van der Waals surface area (Å²) >= 11 is 3.55. The van der Waals surface area contributed by atoms with Gasteiger partial charge >= 0.3 is 0 Å².